The minimum absolute atomic E-state index is 0.0511. The summed E-state index contributed by atoms with van der Waals surface area (Å²) in [7, 11) is 0. The second-order valence-corrected chi connectivity index (χ2v) is 6.39. The number of hydrogen-bond donors (Lipinski definition) is 0. The Morgan fingerprint density at radius 1 is 0.913 bits per heavy atom. The van der Waals surface area contributed by atoms with Gasteiger partial charge in [0.25, 0.3) is 0 Å². The average molecular weight is 319 g/mol. The monoisotopic (exact) mass is 318 g/mol. The second-order valence-electron chi connectivity index (χ2n) is 6.39. The zero-order valence-electron chi connectivity index (χ0n) is 15.3. The molecule has 0 aromatic heterocycles. The maximum absolute atomic E-state index is 11.9. The van der Waals surface area contributed by atoms with E-state index in [2.05, 4.69) is 39.0 Å². The van der Waals surface area contributed by atoms with Gasteiger partial charge in [0.1, 0.15) is 6.61 Å². The Labute approximate surface area is 142 Å². The zero-order chi connectivity index (χ0) is 16.9. The molecule has 0 unspecified atom stereocenters. The summed E-state index contributed by atoms with van der Waals surface area (Å²) in [6.45, 7) is 6.99. The van der Waals surface area contributed by atoms with Crippen LogP contribution in [0.4, 0.5) is 0 Å². The highest BCUT2D eigenvalue weighted by Crippen LogP contribution is 2.17. The van der Waals surface area contributed by atoms with E-state index in [-0.39, 0.29) is 5.97 Å². The zero-order valence-corrected chi connectivity index (χ0v) is 15.3. The third-order valence-electron chi connectivity index (χ3n) is 4.32. The molecule has 0 spiro atoms. The molecule has 0 heterocycles. The van der Waals surface area contributed by atoms with Crippen molar-refractivity contribution in [3.8, 4) is 0 Å². The summed E-state index contributed by atoms with van der Waals surface area (Å²) < 4.78 is 5.50. The quantitative estimate of drug-likeness (QED) is 0.349. The average Bonchev–Trinajstić information content (AvgIpc) is 2.57. The van der Waals surface area contributed by atoms with E-state index in [0.29, 0.717) is 13.0 Å². The van der Waals surface area contributed by atoms with Crippen LogP contribution in [0.2, 0.25) is 0 Å². The van der Waals surface area contributed by atoms with Crippen LogP contribution in [-0.2, 0) is 29.0 Å². The van der Waals surface area contributed by atoms with E-state index in [4.69, 9.17) is 4.74 Å². The summed E-state index contributed by atoms with van der Waals surface area (Å²) in [5.74, 6) is -0.0511. The number of benzene rings is 1. The standard InChI is InChI=1S/C21H34O2/c1-4-7-8-9-10-11-13-21(22)23-17-20-16-18(6-3)14-15-19(20)12-5-2/h14-16H,4-13,17H2,1-3H3. The van der Waals surface area contributed by atoms with Crippen LogP contribution < -0.4 is 0 Å². The first kappa shape index (κ1) is 19.7. The molecule has 0 atom stereocenters. The Morgan fingerprint density at radius 3 is 2.35 bits per heavy atom. The number of ether oxygens (including phenoxy) is 1. The third kappa shape index (κ3) is 8.20. The van der Waals surface area contributed by atoms with Crippen molar-refractivity contribution in [2.24, 2.45) is 0 Å². The van der Waals surface area contributed by atoms with Gasteiger partial charge in [-0.2, -0.15) is 0 Å². The number of aryl methyl sites for hydroxylation is 2. The van der Waals surface area contributed by atoms with Gasteiger partial charge >= 0.3 is 5.97 Å². The Morgan fingerprint density at radius 2 is 1.65 bits per heavy atom. The van der Waals surface area contributed by atoms with E-state index >= 15 is 0 Å². The molecule has 2 heteroatoms. The molecule has 0 aliphatic carbocycles. The van der Waals surface area contributed by atoms with Gasteiger partial charge < -0.3 is 4.74 Å². The smallest absolute Gasteiger partial charge is 0.306 e. The SMILES string of the molecule is CCCCCCCCC(=O)OCc1cc(CC)ccc1CCC. The maximum Gasteiger partial charge on any atom is 0.306 e. The van der Waals surface area contributed by atoms with E-state index < -0.39 is 0 Å². The summed E-state index contributed by atoms with van der Waals surface area (Å²) >= 11 is 0. The van der Waals surface area contributed by atoms with Crippen LogP contribution in [0.25, 0.3) is 0 Å². The minimum Gasteiger partial charge on any atom is -0.461 e. The number of rotatable bonds is 12. The van der Waals surface area contributed by atoms with Gasteiger partial charge in [0.2, 0.25) is 0 Å². The fraction of sp³-hybridized carbons (Fsp3) is 0.667. The summed E-state index contributed by atoms with van der Waals surface area (Å²) in [4.78, 5) is 11.9. The lowest BCUT2D eigenvalue weighted by atomic mass is 10.00. The maximum atomic E-state index is 11.9. The van der Waals surface area contributed by atoms with Gasteiger partial charge in [0.05, 0.1) is 0 Å². The van der Waals surface area contributed by atoms with Gasteiger partial charge in [-0.15, -0.1) is 0 Å². The summed E-state index contributed by atoms with van der Waals surface area (Å²) in [6.07, 6.45) is 10.9. The van der Waals surface area contributed by atoms with Crippen molar-refractivity contribution in [1.29, 1.82) is 0 Å². The van der Waals surface area contributed by atoms with Crippen LogP contribution in [0.15, 0.2) is 18.2 Å². The van der Waals surface area contributed by atoms with Crippen LogP contribution in [0.3, 0.4) is 0 Å². The Balaban J connectivity index is 2.36. The Bertz CT molecular complexity index is 451. The molecule has 0 aliphatic rings. The molecule has 0 saturated heterocycles. The van der Waals surface area contributed by atoms with Crippen LogP contribution >= 0.6 is 0 Å². The molecule has 1 aromatic rings. The highest BCUT2D eigenvalue weighted by Gasteiger charge is 2.07. The van der Waals surface area contributed by atoms with E-state index in [0.717, 1.165) is 32.1 Å². The molecule has 1 rings (SSSR count). The lowest BCUT2D eigenvalue weighted by Crippen LogP contribution is -2.06. The molecule has 130 valence electrons. The van der Waals surface area contributed by atoms with Crippen molar-refractivity contribution in [1.82, 2.24) is 0 Å². The van der Waals surface area contributed by atoms with E-state index in [1.165, 1.54) is 42.4 Å². The Kier molecular flexibility index (Phi) is 10.4. The van der Waals surface area contributed by atoms with Gasteiger partial charge in [-0.1, -0.05) is 77.5 Å². The molecule has 0 radical (unpaired) electrons. The van der Waals surface area contributed by atoms with Crippen LogP contribution in [0.5, 0.6) is 0 Å². The van der Waals surface area contributed by atoms with Crippen molar-refractivity contribution in [2.75, 3.05) is 0 Å². The van der Waals surface area contributed by atoms with Crippen molar-refractivity contribution < 1.29 is 9.53 Å². The molecular weight excluding hydrogens is 284 g/mol. The van der Waals surface area contributed by atoms with Crippen molar-refractivity contribution >= 4 is 5.97 Å². The predicted octanol–water partition coefficient (Wildman–Crippen LogP) is 6.00. The highest BCUT2D eigenvalue weighted by molar-refractivity contribution is 5.69. The van der Waals surface area contributed by atoms with Crippen LogP contribution in [-0.4, -0.2) is 5.97 Å². The first-order valence-corrected chi connectivity index (χ1v) is 9.47. The third-order valence-corrected chi connectivity index (χ3v) is 4.32. The number of carbonyl (C=O) groups is 1. The van der Waals surface area contributed by atoms with Gasteiger partial charge in [0.15, 0.2) is 0 Å². The topological polar surface area (TPSA) is 26.3 Å². The molecular formula is C21H34O2. The second kappa shape index (κ2) is 12.2. The lowest BCUT2D eigenvalue weighted by Gasteiger charge is -2.11. The predicted molar refractivity (Wildman–Crippen MR) is 97.6 cm³/mol. The fourth-order valence-corrected chi connectivity index (χ4v) is 2.83. The normalized spacial score (nSPS) is 10.7. The van der Waals surface area contributed by atoms with Crippen molar-refractivity contribution in [3.05, 3.63) is 34.9 Å². The lowest BCUT2D eigenvalue weighted by molar-refractivity contribution is -0.145. The number of esters is 1. The van der Waals surface area contributed by atoms with Gasteiger partial charge in [-0.05, 0) is 36.0 Å². The highest BCUT2D eigenvalue weighted by atomic mass is 16.5. The van der Waals surface area contributed by atoms with Crippen molar-refractivity contribution in [2.45, 2.75) is 91.6 Å². The molecule has 0 amide bonds. The minimum atomic E-state index is -0.0511. The molecule has 0 N–H and O–H groups in total. The van der Waals surface area contributed by atoms with Crippen LogP contribution in [0.1, 0.15) is 88.8 Å². The molecule has 23 heavy (non-hydrogen) atoms. The molecule has 1 aromatic carbocycles. The van der Waals surface area contributed by atoms with Gasteiger partial charge in [-0.25, -0.2) is 0 Å². The molecule has 0 bridgehead atoms. The van der Waals surface area contributed by atoms with E-state index in [1.54, 1.807) is 0 Å². The van der Waals surface area contributed by atoms with Crippen LogP contribution in [0, 0.1) is 0 Å². The number of unbranched alkanes of at least 4 members (excludes halogenated alkanes) is 5. The molecule has 0 fully saturated rings. The first-order chi connectivity index (χ1) is 11.2. The fourth-order valence-electron chi connectivity index (χ4n) is 2.83. The Hall–Kier alpha value is -1.31. The molecule has 0 saturated carbocycles. The number of carbonyl (C=O) groups excluding carboxylic acids is 1. The molecule has 0 aliphatic heterocycles. The van der Waals surface area contributed by atoms with E-state index in [1.807, 2.05) is 0 Å². The van der Waals surface area contributed by atoms with Crippen molar-refractivity contribution in [3.63, 3.8) is 0 Å². The number of hydrogen-bond acceptors (Lipinski definition) is 2. The summed E-state index contributed by atoms with van der Waals surface area (Å²) in [5.41, 5.74) is 3.81. The summed E-state index contributed by atoms with van der Waals surface area (Å²) in [6, 6.07) is 6.58. The molecule has 2 nitrogen and oxygen atoms in total. The van der Waals surface area contributed by atoms with Gasteiger partial charge in [-0.3, -0.25) is 4.79 Å². The largest absolute Gasteiger partial charge is 0.461 e. The first-order valence-electron chi connectivity index (χ1n) is 9.47. The van der Waals surface area contributed by atoms with E-state index in [9.17, 15) is 4.79 Å². The summed E-state index contributed by atoms with van der Waals surface area (Å²) in [5, 5.41) is 0. The van der Waals surface area contributed by atoms with Gasteiger partial charge in [0, 0.05) is 6.42 Å².